The van der Waals surface area contributed by atoms with Crippen LogP contribution in [0, 0.1) is 6.92 Å². The molecule has 2 aromatic rings. The minimum atomic E-state index is -0.226. The van der Waals surface area contributed by atoms with Crippen molar-refractivity contribution < 1.29 is 4.79 Å². The van der Waals surface area contributed by atoms with E-state index in [0.717, 1.165) is 15.9 Å². The summed E-state index contributed by atoms with van der Waals surface area (Å²) in [5.74, 6) is -0.226. The number of anilines is 1. The predicted molar refractivity (Wildman–Crippen MR) is 65.4 cm³/mol. The molecule has 2 N–H and O–H groups in total. The topological polar surface area (TPSA) is 57.8 Å². The molecule has 0 atom stereocenters. The lowest BCUT2D eigenvalue weighted by Crippen LogP contribution is -2.12. The predicted octanol–water partition coefficient (Wildman–Crippen LogP) is 2.73. The third-order valence-electron chi connectivity index (χ3n) is 2.06. The molecule has 0 fully saturated rings. The first kappa shape index (κ1) is 10.9. The van der Waals surface area contributed by atoms with Crippen molar-refractivity contribution in [1.29, 1.82) is 0 Å². The van der Waals surface area contributed by atoms with Crippen molar-refractivity contribution in [1.82, 2.24) is 10.2 Å². The van der Waals surface area contributed by atoms with Gasteiger partial charge in [-0.05, 0) is 41.1 Å². The summed E-state index contributed by atoms with van der Waals surface area (Å²) in [7, 11) is 0. The maximum Gasteiger partial charge on any atom is 0.276 e. The number of rotatable bonds is 2. The fourth-order valence-corrected chi connectivity index (χ4v) is 1.67. The number of nitrogens with zero attached hydrogens (tertiary/aromatic N) is 1. The first-order chi connectivity index (χ1) is 7.66. The van der Waals surface area contributed by atoms with E-state index in [9.17, 15) is 4.79 Å². The van der Waals surface area contributed by atoms with Crippen molar-refractivity contribution in [2.75, 3.05) is 5.32 Å². The van der Waals surface area contributed by atoms with Crippen LogP contribution in [0.4, 0.5) is 5.69 Å². The lowest BCUT2D eigenvalue weighted by Gasteiger charge is -2.04. The summed E-state index contributed by atoms with van der Waals surface area (Å²) in [6, 6.07) is 9.13. The van der Waals surface area contributed by atoms with E-state index in [1.165, 1.54) is 0 Å². The molecule has 2 rings (SSSR count). The highest BCUT2D eigenvalue weighted by Gasteiger charge is 2.10. The largest absolute Gasteiger partial charge is 0.320 e. The van der Waals surface area contributed by atoms with Crippen LogP contribution >= 0.6 is 15.9 Å². The Morgan fingerprint density at radius 3 is 2.81 bits per heavy atom. The van der Waals surface area contributed by atoms with E-state index >= 15 is 0 Å². The second-order valence-corrected chi connectivity index (χ2v) is 4.22. The number of carbonyl (C=O) groups excluding carboxylic acids is 1. The third-order valence-corrected chi connectivity index (χ3v) is 2.75. The van der Waals surface area contributed by atoms with Crippen LogP contribution in [-0.2, 0) is 0 Å². The van der Waals surface area contributed by atoms with Crippen LogP contribution in [0.1, 0.15) is 16.2 Å². The molecule has 0 radical (unpaired) electrons. The summed E-state index contributed by atoms with van der Waals surface area (Å²) < 4.78 is 0.843. The Balaban J connectivity index is 2.17. The van der Waals surface area contributed by atoms with E-state index < -0.39 is 0 Å². The van der Waals surface area contributed by atoms with E-state index in [1.807, 2.05) is 31.2 Å². The molecule has 0 bridgehead atoms. The zero-order chi connectivity index (χ0) is 11.5. The zero-order valence-electron chi connectivity index (χ0n) is 8.62. The molecule has 0 unspecified atom stereocenters. The number of halogens is 1. The summed E-state index contributed by atoms with van der Waals surface area (Å²) in [5, 5.41) is 9.39. The highest BCUT2D eigenvalue weighted by atomic mass is 79.9. The molecule has 1 amide bonds. The molecule has 0 saturated carbocycles. The molecular weight excluding hydrogens is 270 g/mol. The van der Waals surface area contributed by atoms with Gasteiger partial charge in [-0.1, -0.05) is 12.1 Å². The molecule has 1 heterocycles. The van der Waals surface area contributed by atoms with Gasteiger partial charge in [-0.3, -0.25) is 9.89 Å². The van der Waals surface area contributed by atoms with Gasteiger partial charge in [0, 0.05) is 10.2 Å². The average Bonchev–Trinajstić information content (AvgIpc) is 2.68. The van der Waals surface area contributed by atoms with Crippen LogP contribution in [0.5, 0.6) is 0 Å². The fourth-order valence-electron chi connectivity index (χ4n) is 1.28. The number of aromatic amines is 1. The number of amides is 1. The minimum absolute atomic E-state index is 0.226. The summed E-state index contributed by atoms with van der Waals surface area (Å²) >= 11 is 3.36. The normalized spacial score (nSPS) is 10.1. The second kappa shape index (κ2) is 4.49. The molecule has 5 heteroatoms. The molecule has 4 nitrogen and oxygen atoms in total. The number of hydrogen-bond donors (Lipinski definition) is 2. The summed E-state index contributed by atoms with van der Waals surface area (Å²) in [6.07, 6.45) is 0. The van der Waals surface area contributed by atoms with Gasteiger partial charge < -0.3 is 5.32 Å². The third kappa shape index (κ3) is 2.30. The van der Waals surface area contributed by atoms with Crippen LogP contribution in [0.25, 0.3) is 0 Å². The van der Waals surface area contributed by atoms with E-state index in [-0.39, 0.29) is 5.91 Å². The zero-order valence-corrected chi connectivity index (χ0v) is 10.2. The Hall–Kier alpha value is -1.62. The molecule has 0 aliphatic heterocycles. The first-order valence-electron chi connectivity index (χ1n) is 4.75. The molecular formula is C11H10BrN3O. The standard InChI is InChI=1S/C11H10BrN3O/c1-7-6-10(15-14-7)11(16)13-9-5-3-2-4-8(9)12/h2-6H,1H3,(H,13,16)(H,14,15). The quantitative estimate of drug-likeness (QED) is 0.888. The van der Waals surface area contributed by atoms with Gasteiger partial charge in [0.05, 0.1) is 5.69 Å². The second-order valence-electron chi connectivity index (χ2n) is 3.37. The maximum absolute atomic E-state index is 11.8. The van der Waals surface area contributed by atoms with Crippen molar-refractivity contribution in [2.45, 2.75) is 6.92 Å². The molecule has 1 aromatic heterocycles. The fraction of sp³-hybridized carbons (Fsp3) is 0.0909. The maximum atomic E-state index is 11.8. The number of nitrogens with one attached hydrogen (secondary N) is 2. The smallest absolute Gasteiger partial charge is 0.276 e. The Morgan fingerprint density at radius 1 is 1.44 bits per heavy atom. The van der Waals surface area contributed by atoms with E-state index in [0.29, 0.717) is 5.69 Å². The number of benzene rings is 1. The lowest BCUT2D eigenvalue weighted by atomic mass is 10.3. The first-order valence-corrected chi connectivity index (χ1v) is 5.54. The number of H-pyrrole nitrogens is 1. The molecule has 0 aliphatic rings. The molecule has 0 spiro atoms. The van der Waals surface area contributed by atoms with Crippen molar-refractivity contribution in [3.63, 3.8) is 0 Å². The van der Waals surface area contributed by atoms with Crippen LogP contribution in [0.2, 0.25) is 0 Å². The number of aryl methyl sites for hydroxylation is 1. The van der Waals surface area contributed by atoms with Crippen molar-refractivity contribution in [2.24, 2.45) is 0 Å². The van der Waals surface area contributed by atoms with Gasteiger partial charge in [-0.15, -0.1) is 0 Å². The van der Waals surface area contributed by atoms with Crippen molar-refractivity contribution in [3.05, 3.63) is 46.2 Å². The molecule has 16 heavy (non-hydrogen) atoms. The Bertz CT molecular complexity index is 521. The summed E-state index contributed by atoms with van der Waals surface area (Å²) in [6.45, 7) is 1.85. The van der Waals surface area contributed by atoms with Crippen LogP contribution in [0.3, 0.4) is 0 Å². The number of carbonyl (C=O) groups is 1. The van der Waals surface area contributed by atoms with Gasteiger partial charge in [-0.25, -0.2) is 0 Å². The molecule has 1 aromatic carbocycles. The Labute approximate surface area is 101 Å². The molecule has 82 valence electrons. The van der Waals surface area contributed by atoms with Gasteiger partial charge in [0.15, 0.2) is 5.69 Å². The Kier molecular flexibility index (Phi) is 3.05. The Morgan fingerprint density at radius 2 is 2.19 bits per heavy atom. The monoisotopic (exact) mass is 279 g/mol. The van der Waals surface area contributed by atoms with Gasteiger partial charge >= 0.3 is 0 Å². The van der Waals surface area contributed by atoms with Gasteiger partial charge in [0.2, 0.25) is 0 Å². The van der Waals surface area contributed by atoms with E-state index in [2.05, 4.69) is 31.4 Å². The number of hydrogen-bond acceptors (Lipinski definition) is 2. The number of para-hydroxylation sites is 1. The highest BCUT2D eigenvalue weighted by Crippen LogP contribution is 2.21. The highest BCUT2D eigenvalue weighted by molar-refractivity contribution is 9.10. The van der Waals surface area contributed by atoms with Gasteiger partial charge in [0.1, 0.15) is 0 Å². The van der Waals surface area contributed by atoms with Crippen LogP contribution in [0.15, 0.2) is 34.8 Å². The SMILES string of the molecule is Cc1cc(C(=O)Nc2ccccc2Br)n[nH]1. The van der Waals surface area contributed by atoms with Gasteiger partial charge in [-0.2, -0.15) is 5.10 Å². The summed E-state index contributed by atoms with van der Waals surface area (Å²) in [5.41, 5.74) is 1.97. The van der Waals surface area contributed by atoms with Gasteiger partial charge in [0.25, 0.3) is 5.91 Å². The summed E-state index contributed by atoms with van der Waals surface area (Å²) in [4.78, 5) is 11.8. The lowest BCUT2D eigenvalue weighted by molar-refractivity contribution is 0.102. The molecule has 0 aliphatic carbocycles. The molecule has 0 saturated heterocycles. The van der Waals surface area contributed by atoms with Crippen molar-refractivity contribution in [3.8, 4) is 0 Å². The van der Waals surface area contributed by atoms with Crippen LogP contribution in [-0.4, -0.2) is 16.1 Å². The number of aromatic nitrogens is 2. The van der Waals surface area contributed by atoms with Crippen molar-refractivity contribution >= 4 is 27.5 Å². The van der Waals surface area contributed by atoms with Crippen LogP contribution < -0.4 is 5.32 Å². The van der Waals surface area contributed by atoms with E-state index in [1.54, 1.807) is 6.07 Å². The average molecular weight is 280 g/mol. The van der Waals surface area contributed by atoms with E-state index in [4.69, 9.17) is 0 Å². The minimum Gasteiger partial charge on any atom is -0.320 e.